The third-order valence-electron chi connectivity index (χ3n) is 2.88. The molecule has 0 aromatic heterocycles. The Kier molecular flexibility index (Phi) is 8.23. The number of benzene rings is 1. The monoisotopic (exact) mass is 267 g/mol. The molecule has 0 bridgehead atoms. The Labute approximate surface area is 116 Å². The molecule has 0 saturated carbocycles. The zero-order valence-corrected chi connectivity index (χ0v) is 12.1. The predicted molar refractivity (Wildman–Crippen MR) is 78.1 cm³/mol. The summed E-state index contributed by atoms with van der Waals surface area (Å²) in [4.78, 5) is 0. The number of ether oxygens (including phenoxy) is 1. The van der Waals surface area contributed by atoms with Crippen molar-refractivity contribution in [1.82, 2.24) is 5.32 Å². The van der Waals surface area contributed by atoms with Crippen LogP contribution in [0.25, 0.3) is 0 Å². The lowest BCUT2D eigenvalue weighted by Crippen LogP contribution is -2.20. The molecule has 0 aliphatic heterocycles. The molecule has 1 aromatic carbocycles. The Morgan fingerprint density at radius 1 is 1.05 bits per heavy atom. The Balaban J connectivity index is 1.90. The number of hydrogen-bond acceptors (Lipinski definition) is 2. The smallest absolute Gasteiger partial charge is 0.123 e. The molecule has 19 heavy (non-hydrogen) atoms. The van der Waals surface area contributed by atoms with Crippen molar-refractivity contribution < 1.29 is 9.13 Å². The summed E-state index contributed by atoms with van der Waals surface area (Å²) in [6.45, 7) is 7.37. The van der Waals surface area contributed by atoms with Gasteiger partial charge in [-0.05, 0) is 56.1 Å². The van der Waals surface area contributed by atoms with Gasteiger partial charge in [0.25, 0.3) is 0 Å². The SMILES string of the molecule is CC(C)CNCCCCCCOc1ccc(F)cc1. The minimum Gasteiger partial charge on any atom is -0.494 e. The molecule has 0 aliphatic carbocycles. The van der Waals surface area contributed by atoms with Crippen LogP contribution in [0.2, 0.25) is 0 Å². The standard InChI is InChI=1S/C16H26FNO/c1-14(2)13-18-11-5-3-4-6-12-19-16-9-7-15(17)8-10-16/h7-10,14,18H,3-6,11-13H2,1-2H3. The van der Waals surface area contributed by atoms with Gasteiger partial charge in [0.1, 0.15) is 11.6 Å². The lowest BCUT2D eigenvalue weighted by Gasteiger charge is -2.08. The van der Waals surface area contributed by atoms with Gasteiger partial charge in [0.05, 0.1) is 6.61 Å². The number of rotatable bonds is 10. The van der Waals surface area contributed by atoms with Crippen molar-refractivity contribution in [2.24, 2.45) is 5.92 Å². The quantitative estimate of drug-likeness (QED) is 0.647. The Bertz CT molecular complexity index is 324. The number of halogens is 1. The molecule has 0 atom stereocenters. The van der Waals surface area contributed by atoms with E-state index in [9.17, 15) is 4.39 Å². The fourth-order valence-corrected chi connectivity index (χ4v) is 1.82. The molecule has 0 aliphatic rings. The molecule has 0 radical (unpaired) electrons. The van der Waals surface area contributed by atoms with Crippen molar-refractivity contribution >= 4 is 0 Å². The molecule has 3 heteroatoms. The largest absolute Gasteiger partial charge is 0.494 e. The highest BCUT2D eigenvalue weighted by Gasteiger charge is 1.96. The van der Waals surface area contributed by atoms with E-state index in [1.165, 1.54) is 31.4 Å². The van der Waals surface area contributed by atoms with Crippen LogP contribution in [-0.4, -0.2) is 19.7 Å². The summed E-state index contributed by atoms with van der Waals surface area (Å²) < 4.78 is 18.2. The predicted octanol–water partition coefficient (Wildman–Crippen LogP) is 4.01. The van der Waals surface area contributed by atoms with Crippen molar-refractivity contribution in [3.63, 3.8) is 0 Å². The highest BCUT2D eigenvalue weighted by atomic mass is 19.1. The third kappa shape index (κ3) is 8.60. The van der Waals surface area contributed by atoms with E-state index in [1.54, 1.807) is 12.1 Å². The van der Waals surface area contributed by atoms with Crippen LogP contribution in [0.3, 0.4) is 0 Å². The lowest BCUT2D eigenvalue weighted by atomic mass is 10.2. The van der Waals surface area contributed by atoms with Gasteiger partial charge in [0.15, 0.2) is 0 Å². The van der Waals surface area contributed by atoms with Crippen molar-refractivity contribution in [2.45, 2.75) is 39.5 Å². The molecule has 108 valence electrons. The topological polar surface area (TPSA) is 21.3 Å². The summed E-state index contributed by atoms with van der Waals surface area (Å²) in [6, 6.07) is 6.20. The first kappa shape index (κ1) is 16.0. The van der Waals surface area contributed by atoms with Gasteiger partial charge in [0.2, 0.25) is 0 Å². The second-order valence-electron chi connectivity index (χ2n) is 5.31. The van der Waals surface area contributed by atoms with E-state index in [0.717, 1.165) is 31.2 Å². The highest BCUT2D eigenvalue weighted by molar-refractivity contribution is 5.21. The maximum atomic E-state index is 12.7. The van der Waals surface area contributed by atoms with Gasteiger partial charge in [-0.2, -0.15) is 0 Å². The van der Waals surface area contributed by atoms with Crippen LogP contribution in [0.4, 0.5) is 4.39 Å². The number of hydrogen-bond donors (Lipinski definition) is 1. The molecule has 0 unspecified atom stereocenters. The second kappa shape index (κ2) is 9.79. The summed E-state index contributed by atoms with van der Waals surface area (Å²) in [5.74, 6) is 1.25. The van der Waals surface area contributed by atoms with E-state index in [2.05, 4.69) is 19.2 Å². The van der Waals surface area contributed by atoms with E-state index in [1.807, 2.05) is 0 Å². The minimum atomic E-state index is -0.221. The maximum Gasteiger partial charge on any atom is 0.123 e. The molecular weight excluding hydrogens is 241 g/mol. The van der Waals surface area contributed by atoms with Crippen LogP contribution in [0.5, 0.6) is 5.75 Å². The Morgan fingerprint density at radius 2 is 1.74 bits per heavy atom. The molecule has 0 heterocycles. The molecule has 0 saturated heterocycles. The summed E-state index contributed by atoms with van der Waals surface area (Å²) in [5, 5.41) is 3.44. The zero-order valence-electron chi connectivity index (χ0n) is 12.1. The lowest BCUT2D eigenvalue weighted by molar-refractivity contribution is 0.304. The molecule has 0 amide bonds. The summed E-state index contributed by atoms with van der Waals surface area (Å²) >= 11 is 0. The van der Waals surface area contributed by atoms with Crippen LogP contribution in [0, 0.1) is 11.7 Å². The fourth-order valence-electron chi connectivity index (χ4n) is 1.82. The number of nitrogens with one attached hydrogen (secondary N) is 1. The van der Waals surface area contributed by atoms with Crippen molar-refractivity contribution in [3.8, 4) is 5.75 Å². The van der Waals surface area contributed by atoms with Crippen LogP contribution in [0.15, 0.2) is 24.3 Å². The summed E-state index contributed by atoms with van der Waals surface area (Å²) in [7, 11) is 0. The van der Waals surface area contributed by atoms with Crippen LogP contribution < -0.4 is 10.1 Å². The summed E-state index contributed by atoms with van der Waals surface area (Å²) in [6.07, 6.45) is 4.70. The van der Waals surface area contributed by atoms with Crippen molar-refractivity contribution in [3.05, 3.63) is 30.1 Å². The van der Waals surface area contributed by atoms with E-state index >= 15 is 0 Å². The van der Waals surface area contributed by atoms with Crippen molar-refractivity contribution in [2.75, 3.05) is 19.7 Å². The van der Waals surface area contributed by atoms with Gasteiger partial charge in [0, 0.05) is 0 Å². The van der Waals surface area contributed by atoms with Gasteiger partial charge in [-0.3, -0.25) is 0 Å². The van der Waals surface area contributed by atoms with E-state index in [0.29, 0.717) is 6.61 Å². The normalized spacial score (nSPS) is 10.9. The molecule has 1 N–H and O–H groups in total. The molecule has 2 nitrogen and oxygen atoms in total. The van der Waals surface area contributed by atoms with Crippen molar-refractivity contribution in [1.29, 1.82) is 0 Å². The van der Waals surface area contributed by atoms with Gasteiger partial charge >= 0.3 is 0 Å². The highest BCUT2D eigenvalue weighted by Crippen LogP contribution is 2.11. The first-order chi connectivity index (χ1) is 9.18. The van der Waals surface area contributed by atoms with E-state index < -0.39 is 0 Å². The second-order valence-corrected chi connectivity index (χ2v) is 5.31. The molecular formula is C16H26FNO. The number of unbranched alkanes of at least 4 members (excludes halogenated alkanes) is 3. The molecule has 0 spiro atoms. The van der Waals surface area contributed by atoms with Gasteiger partial charge in [-0.15, -0.1) is 0 Å². The summed E-state index contributed by atoms with van der Waals surface area (Å²) in [5.41, 5.74) is 0. The Hall–Kier alpha value is -1.09. The fraction of sp³-hybridized carbons (Fsp3) is 0.625. The van der Waals surface area contributed by atoms with Crippen LogP contribution >= 0.6 is 0 Å². The minimum absolute atomic E-state index is 0.221. The van der Waals surface area contributed by atoms with Gasteiger partial charge in [-0.1, -0.05) is 26.7 Å². The van der Waals surface area contributed by atoms with Crippen LogP contribution in [0.1, 0.15) is 39.5 Å². The first-order valence-electron chi connectivity index (χ1n) is 7.27. The average molecular weight is 267 g/mol. The van der Waals surface area contributed by atoms with Gasteiger partial charge < -0.3 is 10.1 Å². The van der Waals surface area contributed by atoms with E-state index in [-0.39, 0.29) is 5.82 Å². The molecule has 0 fully saturated rings. The molecule has 1 aromatic rings. The maximum absolute atomic E-state index is 12.7. The average Bonchev–Trinajstić information content (AvgIpc) is 2.38. The first-order valence-corrected chi connectivity index (χ1v) is 7.27. The zero-order chi connectivity index (χ0) is 13.9. The molecule has 1 rings (SSSR count). The third-order valence-corrected chi connectivity index (χ3v) is 2.88. The van der Waals surface area contributed by atoms with E-state index in [4.69, 9.17) is 4.74 Å². The van der Waals surface area contributed by atoms with Crippen LogP contribution in [-0.2, 0) is 0 Å². The Morgan fingerprint density at radius 3 is 2.42 bits per heavy atom. The van der Waals surface area contributed by atoms with Gasteiger partial charge in [-0.25, -0.2) is 4.39 Å².